The lowest BCUT2D eigenvalue weighted by molar-refractivity contribution is -0.121. The van der Waals surface area contributed by atoms with E-state index in [2.05, 4.69) is 43.6 Å². The van der Waals surface area contributed by atoms with Crippen LogP contribution in [0.3, 0.4) is 0 Å². The van der Waals surface area contributed by atoms with Gasteiger partial charge in [-0.3, -0.25) is 9.48 Å². The first-order valence-corrected chi connectivity index (χ1v) is 12.8. The summed E-state index contributed by atoms with van der Waals surface area (Å²) in [6, 6.07) is 8.22. The molecule has 0 radical (unpaired) electrons. The fourth-order valence-corrected chi connectivity index (χ4v) is 5.49. The molecule has 1 aliphatic carbocycles. The quantitative estimate of drug-likeness (QED) is 0.407. The van der Waals surface area contributed by atoms with Gasteiger partial charge < -0.3 is 10.6 Å². The molecular formula is C26H31N9O. The van der Waals surface area contributed by atoms with Crippen molar-refractivity contribution in [1.82, 2.24) is 39.6 Å². The Morgan fingerprint density at radius 1 is 1.03 bits per heavy atom. The Hall–Kier alpha value is -3.66. The number of primary amides is 1. The molecule has 0 bridgehead atoms. The number of nitrogens with zero attached hydrogens (tertiary/aromatic N) is 8. The van der Waals surface area contributed by atoms with Crippen molar-refractivity contribution in [1.29, 1.82) is 0 Å². The van der Waals surface area contributed by atoms with Crippen molar-refractivity contribution in [2.45, 2.75) is 45.1 Å². The molecule has 10 nitrogen and oxygen atoms in total. The van der Waals surface area contributed by atoms with Gasteiger partial charge in [0.25, 0.3) is 0 Å². The van der Waals surface area contributed by atoms with E-state index in [-0.39, 0.29) is 11.8 Å². The molecule has 6 rings (SSSR count). The predicted octanol–water partition coefficient (Wildman–Crippen LogP) is 2.61. The number of fused-ring (bicyclic) bond motifs is 1. The van der Waals surface area contributed by atoms with Crippen molar-refractivity contribution >= 4 is 17.1 Å². The summed E-state index contributed by atoms with van der Waals surface area (Å²) in [5.41, 5.74) is 9.93. The summed E-state index contributed by atoms with van der Waals surface area (Å²) < 4.78 is 3.78. The first-order chi connectivity index (χ1) is 17.6. The van der Waals surface area contributed by atoms with Crippen LogP contribution in [0.4, 0.5) is 0 Å². The zero-order valence-corrected chi connectivity index (χ0v) is 20.3. The number of amides is 1. The Morgan fingerprint density at radius 3 is 2.64 bits per heavy atom. The number of hydrogen-bond donors (Lipinski definition) is 1. The number of carbonyl (C=O) groups is 1. The lowest BCUT2D eigenvalue weighted by Gasteiger charge is -2.13. The first kappa shape index (κ1) is 22.8. The van der Waals surface area contributed by atoms with Crippen LogP contribution < -0.4 is 5.73 Å². The molecule has 1 aromatic carbocycles. The predicted molar refractivity (Wildman–Crippen MR) is 135 cm³/mol. The summed E-state index contributed by atoms with van der Waals surface area (Å²) in [4.78, 5) is 23.3. The molecule has 0 unspecified atom stereocenters. The summed E-state index contributed by atoms with van der Waals surface area (Å²) in [7, 11) is 0. The topological polar surface area (TPSA) is 121 Å². The van der Waals surface area contributed by atoms with Crippen molar-refractivity contribution in [3.05, 3.63) is 48.7 Å². The summed E-state index contributed by atoms with van der Waals surface area (Å²) >= 11 is 0. The zero-order valence-electron chi connectivity index (χ0n) is 20.3. The van der Waals surface area contributed by atoms with Crippen molar-refractivity contribution in [3.63, 3.8) is 0 Å². The van der Waals surface area contributed by atoms with Gasteiger partial charge in [0.15, 0.2) is 11.2 Å². The van der Waals surface area contributed by atoms with E-state index in [4.69, 9.17) is 10.7 Å². The summed E-state index contributed by atoms with van der Waals surface area (Å²) in [5.74, 6) is 0.898. The number of carbonyl (C=O) groups excluding carboxylic acids is 1. The van der Waals surface area contributed by atoms with Crippen LogP contribution in [0.1, 0.15) is 37.9 Å². The Kier molecular flexibility index (Phi) is 6.18. The van der Waals surface area contributed by atoms with Crippen LogP contribution in [0, 0.1) is 11.8 Å². The largest absolute Gasteiger partial charge is 0.369 e. The number of benzene rings is 1. The van der Waals surface area contributed by atoms with E-state index in [0.29, 0.717) is 17.1 Å². The summed E-state index contributed by atoms with van der Waals surface area (Å²) in [6.07, 6.45) is 11.7. The van der Waals surface area contributed by atoms with Crippen LogP contribution in [-0.2, 0) is 17.8 Å². The highest BCUT2D eigenvalue weighted by atomic mass is 16.1. The van der Waals surface area contributed by atoms with Gasteiger partial charge >= 0.3 is 0 Å². The molecule has 1 aliphatic heterocycles. The minimum absolute atomic E-state index is 0.0263. The third kappa shape index (κ3) is 4.73. The molecule has 4 heterocycles. The Labute approximate surface area is 209 Å². The summed E-state index contributed by atoms with van der Waals surface area (Å²) in [6.45, 7) is 4.37. The van der Waals surface area contributed by atoms with E-state index in [1.807, 2.05) is 23.0 Å². The second-order valence-corrected chi connectivity index (χ2v) is 10.1. The Morgan fingerprint density at radius 2 is 1.86 bits per heavy atom. The maximum absolute atomic E-state index is 11.5. The maximum Gasteiger partial charge on any atom is 0.220 e. The zero-order chi connectivity index (χ0) is 24.5. The van der Waals surface area contributed by atoms with Crippen LogP contribution in [0.5, 0.6) is 0 Å². The molecule has 10 heteroatoms. The minimum atomic E-state index is -0.200. The third-order valence-corrected chi connectivity index (χ3v) is 7.58. The average molecular weight is 486 g/mol. The monoisotopic (exact) mass is 485 g/mol. The fourth-order valence-electron chi connectivity index (χ4n) is 5.49. The molecular weight excluding hydrogens is 454 g/mol. The maximum atomic E-state index is 11.5. The second kappa shape index (κ2) is 9.77. The van der Waals surface area contributed by atoms with Gasteiger partial charge in [-0.25, -0.2) is 9.97 Å². The number of hydrogen-bond acceptors (Lipinski definition) is 7. The third-order valence-electron chi connectivity index (χ3n) is 7.58. The molecule has 2 atom stereocenters. The molecule has 4 aromatic rings. The standard InChI is InChI=1S/C26H31N9O/c27-25(36)20-4-3-18(13-20)14-24-28-16-23-26(30-24)35(32-31-23)22-7-5-19(6-8-22)21-15-29-34(17-21)12-11-33-9-1-2-10-33/h5-8,15-18,20H,1-4,9-14H2,(H2,27,36)/t18-,20+/m1/s1. The van der Waals surface area contributed by atoms with Crippen molar-refractivity contribution in [3.8, 4) is 16.8 Å². The van der Waals surface area contributed by atoms with Gasteiger partial charge in [-0.05, 0) is 68.8 Å². The van der Waals surface area contributed by atoms with Crippen molar-refractivity contribution in [2.24, 2.45) is 17.6 Å². The van der Waals surface area contributed by atoms with Gasteiger partial charge in [-0.15, -0.1) is 5.10 Å². The normalized spacial score (nSPS) is 20.4. The van der Waals surface area contributed by atoms with Crippen LogP contribution in [0.15, 0.2) is 42.9 Å². The lowest BCUT2D eigenvalue weighted by Crippen LogP contribution is -2.24. The Bertz CT molecular complexity index is 1350. The number of nitrogens with two attached hydrogens (primary N) is 1. The van der Waals surface area contributed by atoms with E-state index in [9.17, 15) is 4.79 Å². The van der Waals surface area contributed by atoms with E-state index in [0.717, 1.165) is 61.4 Å². The van der Waals surface area contributed by atoms with Crippen LogP contribution in [0.2, 0.25) is 0 Å². The lowest BCUT2D eigenvalue weighted by atomic mass is 10.0. The minimum Gasteiger partial charge on any atom is -0.369 e. The highest BCUT2D eigenvalue weighted by molar-refractivity contribution is 5.77. The van der Waals surface area contributed by atoms with Gasteiger partial charge in [-0.1, -0.05) is 17.3 Å². The molecule has 1 saturated carbocycles. The molecule has 3 aromatic heterocycles. The first-order valence-electron chi connectivity index (χ1n) is 12.8. The van der Waals surface area contributed by atoms with E-state index in [1.165, 1.54) is 25.9 Å². The second-order valence-electron chi connectivity index (χ2n) is 10.1. The van der Waals surface area contributed by atoms with Crippen LogP contribution in [0.25, 0.3) is 28.0 Å². The van der Waals surface area contributed by atoms with Crippen molar-refractivity contribution < 1.29 is 4.79 Å². The van der Waals surface area contributed by atoms with Gasteiger partial charge in [0.05, 0.1) is 24.6 Å². The van der Waals surface area contributed by atoms with E-state index < -0.39 is 0 Å². The van der Waals surface area contributed by atoms with Gasteiger partial charge in [0, 0.05) is 30.6 Å². The molecule has 1 amide bonds. The molecule has 1 saturated heterocycles. The molecule has 186 valence electrons. The molecule has 2 aliphatic rings. The molecule has 36 heavy (non-hydrogen) atoms. The SMILES string of the molecule is NC(=O)[C@H]1CC[C@@H](Cc2ncc3nnn(-c4ccc(-c5cnn(CCN6CCCC6)c5)cc4)c3n2)C1. The highest BCUT2D eigenvalue weighted by Crippen LogP contribution is 2.32. The molecule has 2 N–H and O–H groups in total. The molecule has 0 spiro atoms. The van der Waals surface area contributed by atoms with Gasteiger partial charge in [0.2, 0.25) is 5.91 Å². The average Bonchev–Trinajstić information content (AvgIpc) is 3.70. The fraction of sp³-hybridized carbons (Fsp3) is 0.462. The number of aromatic nitrogens is 7. The molecule has 2 fully saturated rings. The van der Waals surface area contributed by atoms with Crippen LogP contribution >= 0.6 is 0 Å². The number of rotatable bonds is 8. The Balaban J connectivity index is 1.16. The highest BCUT2D eigenvalue weighted by Gasteiger charge is 2.29. The van der Waals surface area contributed by atoms with E-state index >= 15 is 0 Å². The van der Waals surface area contributed by atoms with Gasteiger partial charge in [0.1, 0.15) is 5.82 Å². The summed E-state index contributed by atoms with van der Waals surface area (Å²) in [5, 5.41) is 13.1. The number of likely N-dealkylation sites (tertiary alicyclic amines) is 1. The van der Waals surface area contributed by atoms with Gasteiger partial charge in [-0.2, -0.15) is 9.78 Å². The smallest absolute Gasteiger partial charge is 0.220 e. The van der Waals surface area contributed by atoms with Crippen molar-refractivity contribution in [2.75, 3.05) is 19.6 Å². The van der Waals surface area contributed by atoms with Crippen LogP contribution in [-0.4, -0.2) is 65.2 Å². The van der Waals surface area contributed by atoms with E-state index in [1.54, 1.807) is 10.9 Å².